The van der Waals surface area contributed by atoms with E-state index >= 15 is 0 Å². The van der Waals surface area contributed by atoms with Crippen LogP contribution in [0.5, 0.6) is 5.75 Å². The fourth-order valence-electron chi connectivity index (χ4n) is 2.84. The van der Waals surface area contributed by atoms with Crippen LogP contribution in [0.15, 0.2) is 58.2 Å². The zero-order chi connectivity index (χ0) is 18.7. The van der Waals surface area contributed by atoms with E-state index in [1.165, 1.54) is 12.1 Å². The van der Waals surface area contributed by atoms with Crippen molar-refractivity contribution in [3.8, 4) is 5.75 Å². The summed E-state index contributed by atoms with van der Waals surface area (Å²) in [5.74, 6) is 0.619. The number of fused-ring (bicyclic) bond motifs is 1. The first-order valence-electron chi connectivity index (χ1n) is 8.31. The highest BCUT2D eigenvalue weighted by Gasteiger charge is 2.15. The largest absolute Gasteiger partial charge is 0.494 e. The molecule has 0 aliphatic rings. The summed E-state index contributed by atoms with van der Waals surface area (Å²) in [5, 5.41) is 0. The second kappa shape index (κ2) is 7.35. The SMILES string of the molecule is CCOc1ccc(S(=O)(=O)NCCn2c(=O)n(C)c3ccccc32)cc1. The van der Waals surface area contributed by atoms with Gasteiger partial charge in [0.2, 0.25) is 10.0 Å². The molecule has 0 saturated carbocycles. The maximum absolute atomic E-state index is 12.4. The summed E-state index contributed by atoms with van der Waals surface area (Å²) >= 11 is 0. The molecule has 7 nitrogen and oxygen atoms in total. The number of para-hydroxylation sites is 2. The number of nitrogens with zero attached hydrogens (tertiary/aromatic N) is 2. The average molecular weight is 375 g/mol. The van der Waals surface area contributed by atoms with Gasteiger partial charge in [-0.25, -0.2) is 17.9 Å². The van der Waals surface area contributed by atoms with Crippen LogP contribution < -0.4 is 15.1 Å². The fraction of sp³-hybridized carbons (Fsp3) is 0.278. The molecule has 0 bridgehead atoms. The Labute approximate surface area is 151 Å². The molecular formula is C18H21N3O4S. The molecular weight excluding hydrogens is 354 g/mol. The summed E-state index contributed by atoms with van der Waals surface area (Å²) in [7, 11) is -1.95. The van der Waals surface area contributed by atoms with Crippen LogP contribution in [0.4, 0.5) is 0 Å². The van der Waals surface area contributed by atoms with Gasteiger partial charge in [0.15, 0.2) is 0 Å². The van der Waals surface area contributed by atoms with Crippen LogP contribution in [0.3, 0.4) is 0 Å². The number of aromatic nitrogens is 2. The Morgan fingerprint density at radius 2 is 1.69 bits per heavy atom. The molecule has 0 atom stereocenters. The number of nitrogens with one attached hydrogen (secondary N) is 1. The van der Waals surface area contributed by atoms with Gasteiger partial charge in [-0.15, -0.1) is 0 Å². The van der Waals surface area contributed by atoms with Crippen LogP contribution in [-0.2, 0) is 23.6 Å². The van der Waals surface area contributed by atoms with Crippen LogP contribution in [0.1, 0.15) is 6.92 Å². The summed E-state index contributed by atoms with van der Waals surface area (Å²) in [4.78, 5) is 12.5. The Bertz CT molecular complexity index is 1070. The molecule has 1 heterocycles. The number of benzene rings is 2. The monoisotopic (exact) mass is 375 g/mol. The molecule has 0 unspecified atom stereocenters. The molecule has 26 heavy (non-hydrogen) atoms. The third kappa shape index (κ3) is 3.51. The normalized spacial score (nSPS) is 11.8. The number of hydrogen-bond acceptors (Lipinski definition) is 4. The summed E-state index contributed by atoms with van der Waals surface area (Å²) in [6.45, 7) is 2.74. The Morgan fingerprint density at radius 1 is 1.04 bits per heavy atom. The zero-order valence-electron chi connectivity index (χ0n) is 14.7. The van der Waals surface area contributed by atoms with Crippen LogP contribution in [0.2, 0.25) is 0 Å². The van der Waals surface area contributed by atoms with E-state index in [0.717, 1.165) is 11.0 Å². The van der Waals surface area contributed by atoms with Crippen LogP contribution in [-0.4, -0.2) is 30.7 Å². The van der Waals surface area contributed by atoms with Crippen molar-refractivity contribution in [2.24, 2.45) is 7.05 Å². The molecule has 1 N–H and O–H groups in total. The Hall–Kier alpha value is -2.58. The van der Waals surface area contributed by atoms with Crippen molar-refractivity contribution >= 4 is 21.1 Å². The number of sulfonamides is 1. The van der Waals surface area contributed by atoms with E-state index in [1.54, 1.807) is 28.3 Å². The molecule has 0 radical (unpaired) electrons. The van der Waals surface area contributed by atoms with Gasteiger partial charge in [0.05, 0.1) is 22.5 Å². The summed E-state index contributed by atoms with van der Waals surface area (Å²) in [5.41, 5.74) is 1.42. The number of imidazole rings is 1. The van der Waals surface area contributed by atoms with Gasteiger partial charge in [-0.3, -0.25) is 9.13 Å². The van der Waals surface area contributed by atoms with E-state index in [1.807, 2.05) is 31.2 Å². The lowest BCUT2D eigenvalue weighted by molar-refractivity contribution is 0.340. The summed E-state index contributed by atoms with van der Waals surface area (Å²) in [6.07, 6.45) is 0. The standard InChI is InChI=1S/C18H21N3O4S/c1-3-25-14-8-10-15(11-9-14)26(23,24)19-12-13-21-17-7-5-4-6-16(17)20(2)18(21)22/h4-11,19H,3,12-13H2,1-2H3. The smallest absolute Gasteiger partial charge is 0.328 e. The second-order valence-corrected chi connectivity index (χ2v) is 7.55. The molecule has 0 fully saturated rings. The third-order valence-electron chi connectivity index (χ3n) is 4.12. The van der Waals surface area contributed by atoms with Crippen LogP contribution >= 0.6 is 0 Å². The second-order valence-electron chi connectivity index (χ2n) is 5.78. The third-order valence-corrected chi connectivity index (χ3v) is 5.60. The van der Waals surface area contributed by atoms with Gasteiger partial charge in [-0.05, 0) is 43.3 Å². The molecule has 3 rings (SSSR count). The van der Waals surface area contributed by atoms with E-state index < -0.39 is 10.0 Å². The van der Waals surface area contributed by atoms with Crippen molar-refractivity contribution in [1.29, 1.82) is 0 Å². The van der Waals surface area contributed by atoms with Gasteiger partial charge in [-0.1, -0.05) is 12.1 Å². The Morgan fingerprint density at radius 3 is 2.35 bits per heavy atom. The molecule has 8 heteroatoms. The Balaban J connectivity index is 1.73. The highest BCUT2D eigenvalue weighted by Crippen LogP contribution is 2.16. The lowest BCUT2D eigenvalue weighted by Crippen LogP contribution is -2.31. The maximum Gasteiger partial charge on any atom is 0.328 e. The van der Waals surface area contributed by atoms with Gasteiger partial charge >= 0.3 is 5.69 Å². The molecule has 1 aromatic heterocycles. The van der Waals surface area contributed by atoms with E-state index in [-0.39, 0.29) is 23.7 Å². The number of rotatable bonds is 7. The Kier molecular flexibility index (Phi) is 5.15. The summed E-state index contributed by atoms with van der Waals surface area (Å²) in [6, 6.07) is 13.6. The minimum absolute atomic E-state index is 0.115. The minimum atomic E-state index is -3.65. The highest BCUT2D eigenvalue weighted by atomic mass is 32.2. The molecule has 0 saturated heterocycles. The van der Waals surface area contributed by atoms with Gasteiger partial charge in [-0.2, -0.15) is 0 Å². The van der Waals surface area contributed by atoms with Crippen molar-refractivity contribution in [3.63, 3.8) is 0 Å². The number of hydrogen-bond donors (Lipinski definition) is 1. The summed E-state index contributed by atoms with van der Waals surface area (Å²) < 4.78 is 35.8. The molecule has 3 aromatic rings. The lowest BCUT2D eigenvalue weighted by atomic mass is 10.3. The molecule has 0 aliphatic heterocycles. The van der Waals surface area contributed by atoms with E-state index in [2.05, 4.69) is 4.72 Å². The van der Waals surface area contributed by atoms with Gasteiger partial charge in [0.1, 0.15) is 5.75 Å². The van der Waals surface area contributed by atoms with Crippen molar-refractivity contribution in [1.82, 2.24) is 13.9 Å². The minimum Gasteiger partial charge on any atom is -0.494 e. The van der Waals surface area contributed by atoms with E-state index in [4.69, 9.17) is 4.74 Å². The molecule has 0 amide bonds. The van der Waals surface area contributed by atoms with E-state index in [0.29, 0.717) is 12.4 Å². The first-order chi connectivity index (χ1) is 12.4. The fourth-order valence-corrected chi connectivity index (χ4v) is 3.86. The van der Waals surface area contributed by atoms with Crippen molar-refractivity contribution in [3.05, 3.63) is 59.0 Å². The number of aryl methyl sites for hydroxylation is 1. The van der Waals surface area contributed by atoms with Crippen LogP contribution in [0, 0.1) is 0 Å². The highest BCUT2D eigenvalue weighted by molar-refractivity contribution is 7.89. The zero-order valence-corrected chi connectivity index (χ0v) is 15.5. The lowest BCUT2D eigenvalue weighted by Gasteiger charge is -2.09. The number of ether oxygens (including phenoxy) is 1. The molecule has 138 valence electrons. The topological polar surface area (TPSA) is 82.3 Å². The first-order valence-corrected chi connectivity index (χ1v) is 9.79. The molecule has 0 spiro atoms. The van der Waals surface area contributed by atoms with E-state index in [9.17, 15) is 13.2 Å². The predicted octanol–water partition coefficient (Wildman–Crippen LogP) is 1.72. The quantitative estimate of drug-likeness (QED) is 0.682. The molecule has 0 aliphatic carbocycles. The van der Waals surface area contributed by atoms with Crippen molar-refractivity contribution in [2.75, 3.05) is 13.2 Å². The average Bonchev–Trinajstić information content (AvgIpc) is 2.88. The van der Waals surface area contributed by atoms with Gasteiger partial charge in [0, 0.05) is 20.1 Å². The maximum atomic E-state index is 12.4. The molecule has 2 aromatic carbocycles. The first kappa shape index (κ1) is 18.2. The van der Waals surface area contributed by atoms with Crippen LogP contribution in [0.25, 0.3) is 11.0 Å². The van der Waals surface area contributed by atoms with Crippen molar-refractivity contribution in [2.45, 2.75) is 18.4 Å². The van der Waals surface area contributed by atoms with Gasteiger partial charge in [0.25, 0.3) is 0 Å². The van der Waals surface area contributed by atoms with Crippen molar-refractivity contribution < 1.29 is 13.2 Å². The van der Waals surface area contributed by atoms with Gasteiger partial charge < -0.3 is 4.74 Å². The predicted molar refractivity (Wildman–Crippen MR) is 100.0 cm³/mol.